The smallest absolute Gasteiger partial charge is 0.345 e. The number of ether oxygens (including phenoxy) is 4. The number of carbonyl (C=O) groups excluding carboxylic acids is 1. The first-order valence-corrected chi connectivity index (χ1v) is 5.61. The molecule has 0 spiro atoms. The first-order chi connectivity index (χ1) is 9.54. The Balaban J connectivity index is 3.23. The quantitative estimate of drug-likeness (QED) is 0.323. The van der Waals surface area contributed by atoms with Gasteiger partial charge in [0, 0.05) is 13.2 Å². The van der Waals surface area contributed by atoms with Gasteiger partial charge in [-0.25, -0.2) is 4.79 Å². The summed E-state index contributed by atoms with van der Waals surface area (Å²) >= 11 is 0. The summed E-state index contributed by atoms with van der Waals surface area (Å²) in [5.41, 5.74) is -0.612. The number of carbonyl (C=O) groups is 1. The van der Waals surface area contributed by atoms with Crippen molar-refractivity contribution in [2.24, 2.45) is 0 Å². The van der Waals surface area contributed by atoms with Crippen molar-refractivity contribution in [2.75, 3.05) is 34.5 Å². The molecule has 0 atom stereocenters. The topological polar surface area (TPSA) is 97.1 Å². The van der Waals surface area contributed by atoms with Gasteiger partial charge in [0.2, 0.25) is 0 Å². The van der Waals surface area contributed by atoms with Crippen LogP contribution in [0.4, 0.5) is 5.69 Å². The fourth-order valence-corrected chi connectivity index (χ4v) is 1.48. The van der Waals surface area contributed by atoms with E-state index in [9.17, 15) is 14.9 Å². The lowest BCUT2D eigenvalue weighted by atomic mass is 10.1. The van der Waals surface area contributed by atoms with Gasteiger partial charge in [0.05, 0.1) is 31.8 Å². The van der Waals surface area contributed by atoms with E-state index in [1.54, 1.807) is 0 Å². The molecule has 0 N–H and O–H groups in total. The van der Waals surface area contributed by atoms with Gasteiger partial charge in [0.25, 0.3) is 5.69 Å². The van der Waals surface area contributed by atoms with Crippen LogP contribution >= 0.6 is 0 Å². The van der Waals surface area contributed by atoms with E-state index in [1.807, 2.05) is 0 Å². The lowest BCUT2D eigenvalue weighted by Crippen LogP contribution is -2.09. The van der Waals surface area contributed by atoms with Gasteiger partial charge in [-0.2, -0.15) is 0 Å². The molecule has 0 aromatic heterocycles. The number of methoxy groups -OCH3 is 3. The Morgan fingerprint density at radius 3 is 2.40 bits per heavy atom. The van der Waals surface area contributed by atoms with E-state index in [0.29, 0.717) is 6.61 Å². The second-order valence-corrected chi connectivity index (χ2v) is 3.61. The van der Waals surface area contributed by atoms with Crippen LogP contribution < -0.4 is 9.47 Å². The molecule has 0 aliphatic heterocycles. The average Bonchev–Trinajstić information content (AvgIpc) is 2.45. The monoisotopic (exact) mass is 285 g/mol. The fourth-order valence-electron chi connectivity index (χ4n) is 1.48. The van der Waals surface area contributed by atoms with Gasteiger partial charge in [-0.1, -0.05) is 0 Å². The molecule has 1 aromatic rings. The summed E-state index contributed by atoms with van der Waals surface area (Å²) in [6.07, 6.45) is 0. The van der Waals surface area contributed by atoms with Crippen LogP contribution in [-0.2, 0) is 9.47 Å². The molecule has 110 valence electrons. The summed E-state index contributed by atoms with van der Waals surface area (Å²) < 4.78 is 19.7. The van der Waals surface area contributed by atoms with Crippen molar-refractivity contribution in [2.45, 2.75) is 0 Å². The maximum absolute atomic E-state index is 11.6. The molecule has 1 aromatic carbocycles. The third kappa shape index (κ3) is 3.58. The number of rotatable bonds is 7. The normalized spacial score (nSPS) is 9.95. The Morgan fingerprint density at radius 2 is 1.90 bits per heavy atom. The van der Waals surface area contributed by atoms with Crippen molar-refractivity contribution < 1.29 is 28.7 Å². The zero-order valence-electron chi connectivity index (χ0n) is 11.4. The summed E-state index contributed by atoms with van der Waals surface area (Å²) in [6, 6.07) is 2.34. The van der Waals surface area contributed by atoms with Crippen molar-refractivity contribution in [3.05, 3.63) is 27.8 Å². The molecule has 20 heavy (non-hydrogen) atoms. The third-order valence-corrected chi connectivity index (χ3v) is 2.43. The molecule has 0 amide bonds. The zero-order valence-corrected chi connectivity index (χ0v) is 11.4. The van der Waals surface area contributed by atoms with Crippen molar-refractivity contribution >= 4 is 11.7 Å². The van der Waals surface area contributed by atoms with Gasteiger partial charge in [0.15, 0.2) is 11.5 Å². The summed E-state index contributed by atoms with van der Waals surface area (Å²) in [7, 11) is 4.00. The zero-order chi connectivity index (χ0) is 15.1. The van der Waals surface area contributed by atoms with Crippen LogP contribution in [0.3, 0.4) is 0 Å². The highest BCUT2D eigenvalue weighted by molar-refractivity contribution is 5.94. The number of nitro groups is 1. The van der Waals surface area contributed by atoms with Gasteiger partial charge in [-0.05, 0) is 0 Å². The molecule has 1 rings (SSSR count). The van der Waals surface area contributed by atoms with Crippen LogP contribution in [0.1, 0.15) is 10.4 Å². The minimum absolute atomic E-state index is 0.153. The molecule has 8 heteroatoms. The summed E-state index contributed by atoms with van der Waals surface area (Å²) in [5, 5.41) is 11.0. The minimum Gasteiger partial charge on any atom is -0.493 e. The Labute approximate surface area is 115 Å². The lowest BCUT2D eigenvalue weighted by molar-refractivity contribution is -0.385. The second-order valence-electron chi connectivity index (χ2n) is 3.61. The molecule has 0 saturated carbocycles. The maximum Gasteiger partial charge on any atom is 0.345 e. The Morgan fingerprint density at radius 1 is 1.20 bits per heavy atom. The number of nitrogens with zero attached hydrogens (tertiary/aromatic N) is 1. The van der Waals surface area contributed by atoms with E-state index in [2.05, 4.69) is 4.74 Å². The van der Waals surface area contributed by atoms with Gasteiger partial charge in [0.1, 0.15) is 12.2 Å². The van der Waals surface area contributed by atoms with Crippen LogP contribution in [0.5, 0.6) is 11.5 Å². The maximum atomic E-state index is 11.6. The first kappa shape index (κ1) is 15.7. The van der Waals surface area contributed by atoms with Crippen LogP contribution in [0.25, 0.3) is 0 Å². The van der Waals surface area contributed by atoms with Crippen LogP contribution in [0.15, 0.2) is 12.1 Å². The molecule has 0 heterocycles. The van der Waals surface area contributed by atoms with Crippen LogP contribution in [0, 0.1) is 10.1 Å². The number of benzene rings is 1. The third-order valence-electron chi connectivity index (χ3n) is 2.43. The number of nitro benzene ring substituents is 1. The predicted molar refractivity (Wildman–Crippen MR) is 68.4 cm³/mol. The minimum atomic E-state index is -0.823. The summed E-state index contributed by atoms with van der Waals surface area (Å²) in [5.74, 6) is -0.466. The van der Waals surface area contributed by atoms with Crippen molar-refractivity contribution in [1.82, 2.24) is 0 Å². The number of hydrogen-bond acceptors (Lipinski definition) is 7. The second kappa shape index (κ2) is 7.29. The van der Waals surface area contributed by atoms with Crippen molar-refractivity contribution in [3.63, 3.8) is 0 Å². The molecule has 0 bridgehead atoms. The van der Waals surface area contributed by atoms with Crippen LogP contribution in [0.2, 0.25) is 0 Å². The Bertz CT molecular complexity index is 501. The first-order valence-electron chi connectivity index (χ1n) is 5.61. The highest BCUT2D eigenvalue weighted by Crippen LogP contribution is 2.35. The van der Waals surface area contributed by atoms with Gasteiger partial charge in [-0.15, -0.1) is 0 Å². The van der Waals surface area contributed by atoms with Crippen LogP contribution in [-0.4, -0.2) is 45.4 Å². The molecule has 0 saturated heterocycles. The molecule has 0 fully saturated rings. The van der Waals surface area contributed by atoms with Crippen molar-refractivity contribution in [3.8, 4) is 11.5 Å². The Kier molecular flexibility index (Phi) is 5.73. The molecular formula is C12H15NO7. The molecule has 0 radical (unpaired) electrons. The van der Waals surface area contributed by atoms with Crippen molar-refractivity contribution in [1.29, 1.82) is 0 Å². The average molecular weight is 285 g/mol. The standard InChI is InChI=1S/C12H15NO7/c1-17-4-5-20-11-6-8(12(14)19-3)9(13(15)16)7-10(11)18-2/h6-7H,4-5H2,1-3H3. The number of esters is 1. The van der Waals surface area contributed by atoms with E-state index in [-0.39, 0.29) is 23.7 Å². The summed E-state index contributed by atoms with van der Waals surface area (Å²) in [6.45, 7) is 0.541. The van der Waals surface area contributed by atoms with E-state index in [0.717, 1.165) is 13.2 Å². The highest BCUT2D eigenvalue weighted by atomic mass is 16.6. The predicted octanol–water partition coefficient (Wildman–Crippen LogP) is 1.42. The van der Waals surface area contributed by atoms with E-state index in [4.69, 9.17) is 14.2 Å². The molecule has 8 nitrogen and oxygen atoms in total. The van der Waals surface area contributed by atoms with E-state index < -0.39 is 16.6 Å². The number of hydrogen-bond donors (Lipinski definition) is 0. The fraction of sp³-hybridized carbons (Fsp3) is 0.417. The molecule has 0 aliphatic rings. The van der Waals surface area contributed by atoms with Gasteiger partial charge in [-0.3, -0.25) is 10.1 Å². The highest BCUT2D eigenvalue weighted by Gasteiger charge is 2.25. The molecule has 0 unspecified atom stereocenters. The Hall–Kier alpha value is -2.35. The lowest BCUT2D eigenvalue weighted by Gasteiger charge is -2.12. The molecular weight excluding hydrogens is 270 g/mol. The van der Waals surface area contributed by atoms with Gasteiger partial charge < -0.3 is 18.9 Å². The summed E-state index contributed by atoms with van der Waals surface area (Å²) in [4.78, 5) is 21.8. The largest absolute Gasteiger partial charge is 0.493 e. The van der Waals surface area contributed by atoms with Gasteiger partial charge >= 0.3 is 5.97 Å². The van der Waals surface area contributed by atoms with E-state index in [1.165, 1.54) is 20.3 Å². The SMILES string of the molecule is COCCOc1cc(C(=O)OC)c([N+](=O)[O-])cc1OC. The molecule has 0 aliphatic carbocycles. The van der Waals surface area contributed by atoms with E-state index >= 15 is 0 Å².